The van der Waals surface area contributed by atoms with Crippen LogP contribution < -0.4 is 9.47 Å². The van der Waals surface area contributed by atoms with Crippen molar-refractivity contribution in [1.29, 1.82) is 0 Å². The Balaban J connectivity index is 2.17. The minimum Gasteiger partial charge on any atom is -0.497 e. The number of carbonyl (C=O) groups is 3. The number of esters is 3. The Morgan fingerprint density at radius 1 is 0.675 bits per heavy atom. The maximum Gasteiger partial charge on any atom is 0.342 e. The second kappa shape index (κ2) is 24.0. The minimum absolute atomic E-state index is 0.0405. The van der Waals surface area contributed by atoms with Crippen LogP contribution in [-0.4, -0.2) is 63.2 Å². The van der Waals surface area contributed by atoms with Crippen molar-refractivity contribution in [1.82, 2.24) is 0 Å². The van der Waals surface area contributed by atoms with Crippen LogP contribution in [0, 0.1) is 0 Å². The molecule has 0 bridgehead atoms. The zero-order valence-electron chi connectivity index (χ0n) is 24.6. The number of hydrogen-bond acceptors (Lipinski definition) is 9. The van der Waals surface area contributed by atoms with E-state index in [2.05, 4.69) is 6.92 Å². The van der Waals surface area contributed by atoms with Gasteiger partial charge in [0.05, 0.1) is 46.4 Å². The highest BCUT2D eigenvalue weighted by Gasteiger charge is 2.16. The second-order valence-corrected chi connectivity index (χ2v) is 9.75. The summed E-state index contributed by atoms with van der Waals surface area (Å²) in [7, 11) is 1.54. The van der Waals surface area contributed by atoms with Gasteiger partial charge in [-0.1, -0.05) is 39.0 Å². The molecular weight excluding hydrogens is 516 g/mol. The molecule has 1 aromatic rings. The number of unbranched alkanes of at least 4 members (excludes halogenated alkanes) is 10. The van der Waals surface area contributed by atoms with E-state index in [4.69, 9.17) is 28.8 Å². The molecule has 0 aromatic heterocycles. The fourth-order valence-electron chi connectivity index (χ4n) is 3.90. The van der Waals surface area contributed by atoms with Crippen molar-refractivity contribution in [2.24, 2.45) is 0 Å². The highest BCUT2D eigenvalue weighted by molar-refractivity contribution is 5.93. The molecule has 1 N–H and O–H groups in total. The van der Waals surface area contributed by atoms with Crippen LogP contribution in [0.3, 0.4) is 0 Å². The Morgan fingerprint density at radius 3 is 1.75 bits per heavy atom. The highest BCUT2D eigenvalue weighted by atomic mass is 16.5. The van der Waals surface area contributed by atoms with Crippen molar-refractivity contribution < 1.29 is 43.2 Å². The lowest BCUT2D eigenvalue weighted by atomic mass is 10.1. The van der Waals surface area contributed by atoms with Gasteiger partial charge in [0, 0.05) is 6.61 Å². The van der Waals surface area contributed by atoms with Crippen molar-refractivity contribution in [3.05, 3.63) is 23.8 Å². The van der Waals surface area contributed by atoms with Crippen molar-refractivity contribution >= 4 is 17.9 Å². The summed E-state index contributed by atoms with van der Waals surface area (Å²) >= 11 is 0. The van der Waals surface area contributed by atoms with Crippen LogP contribution in [-0.2, 0) is 23.8 Å². The molecule has 40 heavy (non-hydrogen) atoms. The second-order valence-electron chi connectivity index (χ2n) is 9.75. The molecule has 9 heteroatoms. The van der Waals surface area contributed by atoms with Gasteiger partial charge in [-0.25, -0.2) is 4.79 Å². The van der Waals surface area contributed by atoms with Crippen LogP contribution in [0.2, 0.25) is 0 Å². The van der Waals surface area contributed by atoms with E-state index in [1.54, 1.807) is 18.2 Å². The molecule has 0 radical (unpaired) electrons. The van der Waals surface area contributed by atoms with E-state index in [-0.39, 0.29) is 31.4 Å². The topological polar surface area (TPSA) is 118 Å². The number of rotatable bonds is 25. The third-order valence-corrected chi connectivity index (χ3v) is 6.30. The molecule has 0 heterocycles. The fourth-order valence-corrected chi connectivity index (χ4v) is 3.90. The largest absolute Gasteiger partial charge is 0.497 e. The SMILES string of the molecule is CCCCCCCOC(=O)CCC(=O)OCCCCCCOc1ccc(OC)cc1C(=O)OCCCCCCO. The summed E-state index contributed by atoms with van der Waals surface area (Å²) in [6.45, 7) is 3.82. The van der Waals surface area contributed by atoms with Gasteiger partial charge >= 0.3 is 17.9 Å². The third kappa shape index (κ3) is 17.7. The van der Waals surface area contributed by atoms with E-state index < -0.39 is 5.97 Å². The van der Waals surface area contributed by atoms with Crippen LogP contribution >= 0.6 is 0 Å². The molecule has 0 aliphatic rings. The number of benzene rings is 1. The highest BCUT2D eigenvalue weighted by Crippen LogP contribution is 2.25. The number of carbonyl (C=O) groups excluding carboxylic acids is 3. The van der Waals surface area contributed by atoms with Crippen LogP contribution in [0.4, 0.5) is 0 Å². The average molecular weight is 567 g/mol. The predicted octanol–water partition coefficient (Wildman–Crippen LogP) is 6.18. The van der Waals surface area contributed by atoms with Gasteiger partial charge in [0.15, 0.2) is 0 Å². The van der Waals surface area contributed by atoms with E-state index in [0.29, 0.717) is 43.5 Å². The molecule has 0 atom stereocenters. The molecule has 0 spiro atoms. The zero-order chi connectivity index (χ0) is 29.3. The molecule has 0 saturated heterocycles. The average Bonchev–Trinajstić information content (AvgIpc) is 2.96. The molecule has 0 saturated carbocycles. The number of aliphatic hydroxyl groups is 1. The van der Waals surface area contributed by atoms with Crippen molar-refractivity contribution in [3.63, 3.8) is 0 Å². The van der Waals surface area contributed by atoms with Gasteiger partial charge < -0.3 is 28.8 Å². The van der Waals surface area contributed by atoms with Crippen molar-refractivity contribution in [3.8, 4) is 11.5 Å². The maximum atomic E-state index is 12.6. The number of methoxy groups -OCH3 is 1. The zero-order valence-corrected chi connectivity index (χ0v) is 24.6. The maximum absolute atomic E-state index is 12.6. The summed E-state index contributed by atoms with van der Waals surface area (Å²) in [6.07, 6.45) is 12.1. The summed E-state index contributed by atoms with van der Waals surface area (Å²) < 4.78 is 26.9. The predicted molar refractivity (Wildman–Crippen MR) is 153 cm³/mol. The Labute approximate surface area is 239 Å². The standard InChI is InChI=1S/C31H50O9/c1-3-4-5-7-13-22-38-29(33)18-19-30(34)39-23-14-10-9-12-21-37-28-17-16-26(36-2)25-27(28)31(35)40-24-15-8-6-11-20-32/h16-17,25,32H,3-15,18-24H2,1-2H3. The summed E-state index contributed by atoms with van der Waals surface area (Å²) in [5.41, 5.74) is 0.331. The molecule has 1 rings (SSSR count). The van der Waals surface area contributed by atoms with E-state index in [9.17, 15) is 14.4 Å². The summed E-state index contributed by atoms with van der Waals surface area (Å²) in [5.74, 6) is -0.183. The van der Waals surface area contributed by atoms with Crippen molar-refractivity contribution in [2.45, 2.75) is 103 Å². The minimum atomic E-state index is -0.450. The lowest BCUT2D eigenvalue weighted by Gasteiger charge is -2.13. The van der Waals surface area contributed by atoms with Gasteiger partial charge in [-0.05, 0) is 69.6 Å². The van der Waals surface area contributed by atoms with Gasteiger partial charge in [-0.15, -0.1) is 0 Å². The molecule has 0 aliphatic heterocycles. The van der Waals surface area contributed by atoms with E-state index in [1.165, 1.54) is 20.0 Å². The molecule has 0 fully saturated rings. The van der Waals surface area contributed by atoms with Gasteiger partial charge in [-0.2, -0.15) is 0 Å². The van der Waals surface area contributed by atoms with Gasteiger partial charge in [-0.3, -0.25) is 9.59 Å². The lowest BCUT2D eigenvalue weighted by molar-refractivity contribution is -0.150. The van der Waals surface area contributed by atoms with E-state index in [0.717, 1.165) is 70.6 Å². The Hall–Kier alpha value is -2.81. The van der Waals surface area contributed by atoms with Crippen LogP contribution in [0.25, 0.3) is 0 Å². The molecule has 228 valence electrons. The Kier molecular flexibility index (Phi) is 21.2. The smallest absolute Gasteiger partial charge is 0.342 e. The van der Waals surface area contributed by atoms with Crippen LogP contribution in [0.1, 0.15) is 114 Å². The first kappa shape index (κ1) is 35.2. The molecule has 1 aromatic carbocycles. The number of ether oxygens (including phenoxy) is 5. The first-order chi connectivity index (χ1) is 19.5. The summed E-state index contributed by atoms with van der Waals surface area (Å²) in [6, 6.07) is 5.06. The van der Waals surface area contributed by atoms with E-state index in [1.807, 2.05) is 0 Å². The van der Waals surface area contributed by atoms with Gasteiger partial charge in [0.1, 0.15) is 17.1 Å². The van der Waals surface area contributed by atoms with Gasteiger partial charge in [0.25, 0.3) is 0 Å². The molecular formula is C31H50O9. The monoisotopic (exact) mass is 566 g/mol. The summed E-state index contributed by atoms with van der Waals surface area (Å²) in [4.78, 5) is 36.1. The Morgan fingerprint density at radius 2 is 1.20 bits per heavy atom. The van der Waals surface area contributed by atoms with E-state index >= 15 is 0 Å². The number of aliphatic hydroxyl groups excluding tert-OH is 1. The quantitative estimate of drug-likeness (QED) is 0.0841. The van der Waals surface area contributed by atoms with Crippen molar-refractivity contribution in [2.75, 3.05) is 40.1 Å². The molecule has 0 unspecified atom stereocenters. The fraction of sp³-hybridized carbons (Fsp3) is 0.710. The molecule has 0 aliphatic carbocycles. The normalized spacial score (nSPS) is 10.7. The first-order valence-electron chi connectivity index (χ1n) is 14.9. The first-order valence-corrected chi connectivity index (χ1v) is 14.9. The Bertz CT molecular complexity index is 825. The molecule has 0 amide bonds. The van der Waals surface area contributed by atoms with Crippen LogP contribution in [0.5, 0.6) is 11.5 Å². The van der Waals surface area contributed by atoms with Crippen LogP contribution in [0.15, 0.2) is 18.2 Å². The third-order valence-electron chi connectivity index (χ3n) is 6.30. The summed E-state index contributed by atoms with van der Waals surface area (Å²) in [5, 5.41) is 8.83. The van der Waals surface area contributed by atoms with Gasteiger partial charge in [0.2, 0.25) is 0 Å². The molecule has 9 nitrogen and oxygen atoms in total. The number of hydrogen-bond donors (Lipinski definition) is 1. The lowest BCUT2D eigenvalue weighted by Crippen LogP contribution is -2.11.